The third-order valence-electron chi connectivity index (χ3n) is 4.39. The number of aliphatic hydroxyl groups is 1. The maximum atomic E-state index is 13.4. The number of rotatable bonds is 5. The van der Waals surface area contributed by atoms with E-state index in [9.17, 15) is 13.6 Å². The number of ether oxygens (including phenoxy) is 1. The lowest BCUT2D eigenvalue weighted by molar-refractivity contribution is -0.0413. The molecule has 132 valence electrons. The average Bonchev–Trinajstić information content (AvgIpc) is 2.91. The van der Waals surface area contributed by atoms with Gasteiger partial charge in [-0.2, -0.15) is 0 Å². The Kier molecular flexibility index (Phi) is 5.27. The molecule has 0 aromatic heterocycles. The molecule has 0 unspecified atom stereocenters. The number of hydrogen-bond acceptors (Lipinski definition) is 4. The molecule has 2 fully saturated rings. The van der Waals surface area contributed by atoms with Crippen LogP contribution >= 0.6 is 0 Å². The van der Waals surface area contributed by atoms with Gasteiger partial charge in [0, 0.05) is 32.7 Å². The minimum atomic E-state index is -0.886. The molecule has 0 aliphatic carbocycles. The number of urea groups is 1. The summed E-state index contributed by atoms with van der Waals surface area (Å²) in [5.74, 6) is -1.76. The van der Waals surface area contributed by atoms with E-state index in [-0.39, 0.29) is 18.7 Å². The molecule has 8 heteroatoms. The molecule has 6 nitrogen and oxygen atoms in total. The summed E-state index contributed by atoms with van der Waals surface area (Å²) in [5.41, 5.74) is 0.591. The molecule has 2 aliphatic rings. The fraction of sp³-hybridized carbons (Fsp3) is 0.562. The molecular weight excluding hydrogens is 320 g/mol. The van der Waals surface area contributed by atoms with Gasteiger partial charge in [0.1, 0.15) is 0 Å². The van der Waals surface area contributed by atoms with Crippen LogP contribution in [-0.4, -0.2) is 78.4 Å². The average molecular weight is 341 g/mol. The van der Waals surface area contributed by atoms with Gasteiger partial charge in [-0.1, -0.05) is 6.07 Å². The van der Waals surface area contributed by atoms with E-state index in [1.807, 2.05) is 0 Å². The molecule has 0 bridgehead atoms. The molecule has 2 heterocycles. The second kappa shape index (κ2) is 7.42. The normalized spacial score (nSPS) is 22.5. The molecule has 1 N–H and O–H groups in total. The number of carbonyl (C=O) groups excluding carboxylic acids is 1. The summed E-state index contributed by atoms with van der Waals surface area (Å²) >= 11 is 0. The summed E-state index contributed by atoms with van der Waals surface area (Å²) in [6.45, 7) is 3.63. The number of aliphatic hydroxyl groups excluding tert-OH is 1. The van der Waals surface area contributed by atoms with Crippen LogP contribution in [0.1, 0.15) is 11.7 Å². The maximum absolute atomic E-state index is 13.4. The monoisotopic (exact) mass is 341 g/mol. The van der Waals surface area contributed by atoms with Crippen LogP contribution in [0.15, 0.2) is 18.2 Å². The van der Waals surface area contributed by atoms with Crippen LogP contribution < -0.4 is 0 Å². The predicted octanol–water partition coefficient (Wildman–Crippen LogP) is 1.03. The zero-order chi connectivity index (χ0) is 17.1. The molecule has 1 aromatic rings. The topological polar surface area (TPSA) is 56.3 Å². The van der Waals surface area contributed by atoms with Gasteiger partial charge in [-0.3, -0.25) is 4.90 Å². The van der Waals surface area contributed by atoms with E-state index in [0.29, 0.717) is 51.6 Å². The second-order valence-corrected chi connectivity index (χ2v) is 6.01. The van der Waals surface area contributed by atoms with E-state index in [4.69, 9.17) is 9.84 Å². The van der Waals surface area contributed by atoms with Gasteiger partial charge < -0.3 is 19.6 Å². The van der Waals surface area contributed by atoms with Gasteiger partial charge in [0.25, 0.3) is 0 Å². The highest BCUT2D eigenvalue weighted by atomic mass is 19.2. The van der Waals surface area contributed by atoms with Crippen molar-refractivity contribution in [3.63, 3.8) is 0 Å². The summed E-state index contributed by atoms with van der Waals surface area (Å²) in [4.78, 5) is 17.6. The number of β-amino-alcohol motifs (C(OH)–C–C–N with tert-alkyl or cyclic N) is 1. The Labute approximate surface area is 139 Å². The molecule has 2 saturated heterocycles. The van der Waals surface area contributed by atoms with Gasteiger partial charge in [-0.25, -0.2) is 13.6 Å². The molecular formula is C16H21F2N3O3. The first-order valence-corrected chi connectivity index (χ1v) is 8.02. The number of amides is 2. The summed E-state index contributed by atoms with van der Waals surface area (Å²) in [6.07, 6.45) is -0.347. The zero-order valence-electron chi connectivity index (χ0n) is 13.3. The van der Waals surface area contributed by atoms with Crippen molar-refractivity contribution in [1.82, 2.24) is 14.7 Å². The Morgan fingerprint density at radius 2 is 1.96 bits per heavy atom. The maximum Gasteiger partial charge on any atom is 0.321 e. The Hall–Kier alpha value is -1.77. The van der Waals surface area contributed by atoms with Gasteiger partial charge in [-0.05, 0) is 17.7 Å². The molecule has 0 spiro atoms. The van der Waals surface area contributed by atoms with Gasteiger partial charge in [0.05, 0.1) is 26.0 Å². The minimum Gasteiger partial charge on any atom is -0.395 e. The van der Waals surface area contributed by atoms with Crippen molar-refractivity contribution in [2.75, 3.05) is 52.6 Å². The molecule has 3 rings (SSSR count). The van der Waals surface area contributed by atoms with Crippen LogP contribution in [0.25, 0.3) is 0 Å². The molecule has 1 aromatic carbocycles. The van der Waals surface area contributed by atoms with E-state index in [1.165, 1.54) is 6.07 Å². The van der Waals surface area contributed by atoms with Crippen molar-refractivity contribution in [2.45, 2.75) is 6.10 Å². The van der Waals surface area contributed by atoms with Crippen LogP contribution in [0.3, 0.4) is 0 Å². The highest BCUT2D eigenvalue weighted by Crippen LogP contribution is 2.24. The summed E-state index contributed by atoms with van der Waals surface area (Å²) in [6, 6.07) is 3.70. The van der Waals surface area contributed by atoms with Crippen LogP contribution in [-0.2, 0) is 4.74 Å². The lowest BCUT2D eigenvalue weighted by Crippen LogP contribution is -2.46. The second-order valence-electron chi connectivity index (χ2n) is 6.01. The van der Waals surface area contributed by atoms with Crippen LogP contribution in [0.2, 0.25) is 0 Å². The highest BCUT2D eigenvalue weighted by molar-refractivity contribution is 5.76. The van der Waals surface area contributed by atoms with Crippen LogP contribution in [0.4, 0.5) is 13.6 Å². The lowest BCUT2D eigenvalue weighted by atomic mass is 10.1. The Morgan fingerprint density at radius 3 is 2.71 bits per heavy atom. The summed E-state index contributed by atoms with van der Waals surface area (Å²) in [7, 11) is 0. The first-order chi connectivity index (χ1) is 11.6. The zero-order valence-corrected chi connectivity index (χ0v) is 13.3. The van der Waals surface area contributed by atoms with Crippen LogP contribution in [0, 0.1) is 11.6 Å². The van der Waals surface area contributed by atoms with Crippen molar-refractivity contribution >= 4 is 6.03 Å². The number of carbonyl (C=O) groups is 1. The number of hydrogen-bond donors (Lipinski definition) is 1. The van der Waals surface area contributed by atoms with E-state index in [2.05, 4.69) is 4.90 Å². The van der Waals surface area contributed by atoms with Crippen molar-refractivity contribution in [3.05, 3.63) is 35.4 Å². The minimum absolute atomic E-state index is 0.0463. The van der Waals surface area contributed by atoms with E-state index >= 15 is 0 Å². The highest BCUT2D eigenvalue weighted by Gasteiger charge is 2.31. The largest absolute Gasteiger partial charge is 0.395 e. The van der Waals surface area contributed by atoms with Gasteiger partial charge in [-0.15, -0.1) is 0 Å². The molecule has 1 atom stereocenters. The Balaban J connectivity index is 1.60. The lowest BCUT2D eigenvalue weighted by Gasteiger charge is -2.35. The fourth-order valence-corrected chi connectivity index (χ4v) is 3.08. The first-order valence-electron chi connectivity index (χ1n) is 8.02. The molecule has 0 saturated carbocycles. The van der Waals surface area contributed by atoms with Gasteiger partial charge in [0.15, 0.2) is 11.6 Å². The summed E-state index contributed by atoms with van der Waals surface area (Å²) < 4.78 is 32.1. The number of halogens is 2. The van der Waals surface area contributed by atoms with Crippen LogP contribution in [0.5, 0.6) is 0 Å². The standard InChI is InChI=1S/C16H21F2N3O3/c17-13-2-1-12(9-14(13)18)15-10-19(6-8-24-15)11-21-4-3-20(5-7-22)16(21)23/h1-2,9,15,22H,3-8,10-11H2/t15-/m0/s1. The van der Waals surface area contributed by atoms with Crippen molar-refractivity contribution in [1.29, 1.82) is 0 Å². The number of nitrogens with zero attached hydrogens (tertiary/aromatic N) is 3. The molecule has 2 amide bonds. The number of benzene rings is 1. The summed E-state index contributed by atoms with van der Waals surface area (Å²) in [5, 5.41) is 8.96. The van der Waals surface area contributed by atoms with Crippen molar-refractivity contribution in [2.24, 2.45) is 0 Å². The Morgan fingerprint density at radius 1 is 1.17 bits per heavy atom. The van der Waals surface area contributed by atoms with E-state index in [0.717, 1.165) is 12.1 Å². The van der Waals surface area contributed by atoms with E-state index < -0.39 is 11.6 Å². The van der Waals surface area contributed by atoms with Crippen molar-refractivity contribution in [3.8, 4) is 0 Å². The molecule has 2 aliphatic heterocycles. The SMILES string of the molecule is O=C1N(CCO)CCN1CN1CCO[C@H](c2ccc(F)c(F)c2)C1. The Bertz CT molecular complexity index is 602. The number of morpholine rings is 1. The first kappa shape index (κ1) is 17.1. The predicted molar refractivity (Wildman–Crippen MR) is 82.3 cm³/mol. The third kappa shape index (κ3) is 3.66. The van der Waals surface area contributed by atoms with Gasteiger partial charge >= 0.3 is 6.03 Å². The molecule has 0 radical (unpaired) electrons. The van der Waals surface area contributed by atoms with Gasteiger partial charge in [0.2, 0.25) is 0 Å². The smallest absolute Gasteiger partial charge is 0.321 e. The third-order valence-corrected chi connectivity index (χ3v) is 4.39. The quantitative estimate of drug-likeness (QED) is 0.869. The van der Waals surface area contributed by atoms with E-state index in [1.54, 1.807) is 9.80 Å². The fourth-order valence-electron chi connectivity index (χ4n) is 3.08. The van der Waals surface area contributed by atoms with Crippen molar-refractivity contribution < 1.29 is 23.4 Å². The molecule has 24 heavy (non-hydrogen) atoms.